The summed E-state index contributed by atoms with van der Waals surface area (Å²) in [5, 5.41) is 2.69. The van der Waals surface area contributed by atoms with Gasteiger partial charge in [-0.25, -0.2) is 0 Å². The van der Waals surface area contributed by atoms with Crippen LogP contribution in [-0.4, -0.2) is 25.5 Å². The highest BCUT2D eigenvalue weighted by Gasteiger charge is 2.52. The van der Waals surface area contributed by atoms with Crippen molar-refractivity contribution in [2.24, 2.45) is 17.8 Å². The molecule has 0 heterocycles. The molecular formula is C19H26N2O. The molecule has 5 rings (SSSR count). The molecule has 4 bridgehead atoms. The molecule has 0 atom stereocenters. The van der Waals surface area contributed by atoms with Gasteiger partial charge in [0.15, 0.2) is 0 Å². The lowest BCUT2D eigenvalue weighted by atomic mass is 9.52. The summed E-state index contributed by atoms with van der Waals surface area (Å²) in [7, 11) is 3.94. The van der Waals surface area contributed by atoms with Crippen molar-refractivity contribution in [3.8, 4) is 0 Å². The van der Waals surface area contributed by atoms with Gasteiger partial charge in [-0.15, -0.1) is 0 Å². The van der Waals surface area contributed by atoms with E-state index in [1.165, 1.54) is 44.2 Å². The fraction of sp³-hybridized carbons (Fsp3) is 0.632. The minimum absolute atomic E-state index is 0.0102. The molecule has 1 aromatic carbocycles. The van der Waals surface area contributed by atoms with Crippen LogP contribution in [0.15, 0.2) is 24.3 Å². The van der Waals surface area contributed by atoms with E-state index < -0.39 is 0 Å². The van der Waals surface area contributed by atoms with Gasteiger partial charge in [0.2, 0.25) is 0 Å². The van der Waals surface area contributed by atoms with Gasteiger partial charge >= 0.3 is 0 Å². The van der Waals surface area contributed by atoms with Gasteiger partial charge < -0.3 is 10.2 Å². The summed E-state index contributed by atoms with van der Waals surface area (Å²) in [5.74, 6) is 2.86. The number of hydrogen-bond acceptors (Lipinski definition) is 2. The number of hydrogen-bond donors (Lipinski definition) is 1. The van der Waals surface area contributed by atoms with Crippen LogP contribution in [0.1, 0.15) is 48.9 Å². The first-order valence-corrected chi connectivity index (χ1v) is 8.65. The Labute approximate surface area is 133 Å². The van der Waals surface area contributed by atoms with Crippen LogP contribution in [0.4, 0.5) is 5.69 Å². The van der Waals surface area contributed by atoms with Crippen molar-refractivity contribution in [2.75, 3.05) is 19.0 Å². The van der Waals surface area contributed by atoms with Crippen LogP contribution in [0.5, 0.6) is 0 Å². The van der Waals surface area contributed by atoms with Crippen molar-refractivity contribution < 1.29 is 4.79 Å². The van der Waals surface area contributed by atoms with Gasteiger partial charge in [0.25, 0.3) is 5.91 Å². The lowest BCUT2D eigenvalue weighted by Gasteiger charge is -2.60. The van der Waals surface area contributed by atoms with E-state index in [9.17, 15) is 4.79 Å². The highest BCUT2D eigenvalue weighted by molar-refractivity contribution is 5.94. The van der Waals surface area contributed by atoms with Gasteiger partial charge in [0, 0.05) is 30.9 Å². The first-order chi connectivity index (χ1) is 10.6. The maximum absolute atomic E-state index is 11.7. The molecule has 118 valence electrons. The molecule has 4 fully saturated rings. The monoisotopic (exact) mass is 298 g/mol. The summed E-state index contributed by atoms with van der Waals surface area (Å²) in [6, 6.07) is 8.13. The molecule has 4 saturated carbocycles. The molecule has 3 heteroatoms. The molecular weight excluding hydrogens is 272 g/mol. The van der Waals surface area contributed by atoms with Crippen LogP contribution in [0.2, 0.25) is 0 Å². The van der Waals surface area contributed by atoms with Gasteiger partial charge in [-0.2, -0.15) is 0 Å². The fourth-order valence-electron chi connectivity index (χ4n) is 5.73. The van der Waals surface area contributed by atoms with Crippen molar-refractivity contribution >= 4 is 11.6 Å². The van der Waals surface area contributed by atoms with Crippen molar-refractivity contribution in [3.63, 3.8) is 0 Å². The highest BCUT2D eigenvalue weighted by Crippen LogP contribution is 2.58. The summed E-state index contributed by atoms with van der Waals surface area (Å²) in [6.45, 7) is 0. The minimum atomic E-state index is -0.0102. The molecule has 0 aromatic heterocycles. The summed E-state index contributed by atoms with van der Waals surface area (Å²) in [5.41, 5.74) is 2.38. The van der Waals surface area contributed by atoms with Crippen LogP contribution in [-0.2, 0) is 0 Å². The number of carbonyl (C=O) groups is 1. The predicted octanol–water partition coefficient (Wildman–Crippen LogP) is 3.45. The number of nitrogens with one attached hydrogen (secondary N) is 1. The molecule has 0 unspecified atom stereocenters. The molecule has 3 nitrogen and oxygen atoms in total. The zero-order valence-electron chi connectivity index (χ0n) is 13.6. The second-order valence-corrected chi connectivity index (χ2v) is 7.83. The van der Waals surface area contributed by atoms with E-state index in [0.29, 0.717) is 5.54 Å². The number of amides is 1. The number of benzene rings is 1. The second-order valence-electron chi connectivity index (χ2n) is 7.83. The molecule has 1 aromatic rings. The van der Waals surface area contributed by atoms with Gasteiger partial charge in [0.05, 0.1) is 0 Å². The Bertz CT molecular complexity index is 542. The first kappa shape index (κ1) is 14.1. The van der Waals surface area contributed by atoms with E-state index in [1.54, 1.807) is 7.05 Å². The lowest BCUT2D eigenvalue weighted by Crippen LogP contribution is -2.59. The SMILES string of the molecule is CNC(=O)c1ccc(N(C)C23CC4CC(CC(C4)C2)C3)cc1. The third kappa shape index (κ3) is 2.13. The van der Waals surface area contributed by atoms with Gasteiger partial charge in [-0.1, -0.05) is 0 Å². The Hall–Kier alpha value is -1.51. The largest absolute Gasteiger partial charge is 0.369 e. The highest BCUT2D eigenvalue weighted by atomic mass is 16.1. The summed E-state index contributed by atoms with van der Waals surface area (Å²) in [6.07, 6.45) is 8.53. The molecule has 4 aliphatic rings. The third-order valence-electron chi connectivity index (χ3n) is 6.46. The summed E-state index contributed by atoms with van der Waals surface area (Å²) in [4.78, 5) is 14.2. The van der Waals surface area contributed by atoms with E-state index in [0.717, 1.165) is 23.3 Å². The Morgan fingerprint density at radius 3 is 2.00 bits per heavy atom. The van der Waals surface area contributed by atoms with E-state index in [1.807, 2.05) is 12.1 Å². The summed E-state index contributed by atoms with van der Waals surface area (Å²) < 4.78 is 0. The Kier molecular flexibility index (Phi) is 3.21. The first-order valence-electron chi connectivity index (χ1n) is 8.65. The number of rotatable bonds is 3. The molecule has 4 aliphatic carbocycles. The normalized spacial score (nSPS) is 35.5. The predicted molar refractivity (Wildman–Crippen MR) is 89.1 cm³/mol. The van der Waals surface area contributed by atoms with Crippen molar-refractivity contribution in [1.82, 2.24) is 5.32 Å². The number of anilines is 1. The quantitative estimate of drug-likeness (QED) is 0.927. The van der Waals surface area contributed by atoms with Crippen LogP contribution in [0, 0.1) is 17.8 Å². The maximum atomic E-state index is 11.7. The third-order valence-corrected chi connectivity index (χ3v) is 6.46. The standard InChI is InChI=1S/C19H26N2O/c1-20-18(22)16-3-5-17(6-4-16)21(2)19-10-13-7-14(11-19)9-15(8-13)12-19/h3-6,13-15H,7-12H2,1-2H3,(H,20,22). The van der Waals surface area contributed by atoms with E-state index in [2.05, 4.69) is 29.4 Å². The van der Waals surface area contributed by atoms with Gasteiger partial charge in [-0.05, 0) is 80.5 Å². The fourth-order valence-corrected chi connectivity index (χ4v) is 5.73. The molecule has 1 amide bonds. The van der Waals surface area contributed by atoms with Gasteiger partial charge in [-0.3, -0.25) is 4.79 Å². The van der Waals surface area contributed by atoms with Crippen molar-refractivity contribution in [1.29, 1.82) is 0 Å². The van der Waals surface area contributed by atoms with E-state index in [4.69, 9.17) is 0 Å². The van der Waals surface area contributed by atoms with Crippen LogP contribution >= 0.6 is 0 Å². The van der Waals surface area contributed by atoms with Crippen molar-refractivity contribution in [3.05, 3.63) is 29.8 Å². The average molecular weight is 298 g/mol. The van der Waals surface area contributed by atoms with Crippen LogP contribution in [0.25, 0.3) is 0 Å². The zero-order valence-corrected chi connectivity index (χ0v) is 13.6. The number of carbonyl (C=O) groups excluding carboxylic acids is 1. The second kappa shape index (κ2) is 5.00. The van der Waals surface area contributed by atoms with Crippen LogP contribution in [0.3, 0.4) is 0 Å². The zero-order chi connectivity index (χ0) is 15.3. The summed E-state index contributed by atoms with van der Waals surface area (Å²) >= 11 is 0. The molecule has 0 saturated heterocycles. The maximum Gasteiger partial charge on any atom is 0.251 e. The molecule has 22 heavy (non-hydrogen) atoms. The topological polar surface area (TPSA) is 32.3 Å². The average Bonchev–Trinajstić information content (AvgIpc) is 2.52. The van der Waals surface area contributed by atoms with Gasteiger partial charge in [0.1, 0.15) is 0 Å². The minimum Gasteiger partial charge on any atom is -0.369 e. The Morgan fingerprint density at radius 2 is 1.55 bits per heavy atom. The molecule has 0 radical (unpaired) electrons. The molecule has 0 aliphatic heterocycles. The Balaban J connectivity index is 1.59. The number of nitrogens with zero attached hydrogens (tertiary/aromatic N) is 1. The lowest BCUT2D eigenvalue weighted by molar-refractivity contribution is -0.00200. The Morgan fingerprint density at radius 1 is 1.05 bits per heavy atom. The van der Waals surface area contributed by atoms with E-state index >= 15 is 0 Å². The van der Waals surface area contributed by atoms with Crippen LogP contribution < -0.4 is 10.2 Å². The van der Waals surface area contributed by atoms with Crippen molar-refractivity contribution in [2.45, 2.75) is 44.1 Å². The molecule has 0 spiro atoms. The molecule has 1 N–H and O–H groups in total. The van der Waals surface area contributed by atoms with E-state index in [-0.39, 0.29) is 5.91 Å². The smallest absolute Gasteiger partial charge is 0.251 e.